The molecule has 0 fully saturated rings. The van der Waals surface area contributed by atoms with Crippen LogP contribution in [-0.4, -0.2) is 13.3 Å². The second-order valence-corrected chi connectivity index (χ2v) is 8.10. The van der Waals surface area contributed by atoms with Gasteiger partial charge >= 0.3 is 0 Å². The summed E-state index contributed by atoms with van der Waals surface area (Å²) in [5.41, 5.74) is 1.16. The zero-order valence-electron chi connectivity index (χ0n) is 12.7. The standard InChI is InChI=1S/C11H17OP.2C2H6/c1-11(2,13(3,4)12)10-8-6-5-7-9-10;2*1-2/h5-9H,1-4H3;2*1-2H3. The summed E-state index contributed by atoms with van der Waals surface area (Å²) in [5, 5.41) is -0.214. The minimum Gasteiger partial charge on any atom is -0.323 e. The van der Waals surface area contributed by atoms with Gasteiger partial charge in [-0.15, -0.1) is 0 Å². The fourth-order valence-electron chi connectivity index (χ4n) is 1.16. The van der Waals surface area contributed by atoms with Gasteiger partial charge in [0.2, 0.25) is 0 Å². The molecule has 0 bridgehead atoms. The summed E-state index contributed by atoms with van der Waals surface area (Å²) in [7, 11) is -2.09. The molecular formula is C15H29OP. The van der Waals surface area contributed by atoms with Crippen molar-refractivity contribution in [2.75, 3.05) is 13.3 Å². The van der Waals surface area contributed by atoms with Gasteiger partial charge in [-0.3, -0.25) is 0 Å². The molecule has 1 aromatic rings. The Morgan fingerprint density at radius 1 is 0.882 bits per heavy atom. The first-order valence-electron chi connectivity index (χ1n) is 6.46. The molecule has 1 nitrogen and oxygen atoms in total. The van der Waals surface area contributed by atoms with Crippen molar-refractivity contribution in [1.82, 2.24) is 0 Å². The van der Waals surface area contributed by atoms with Crippen molar-refractivity contribution in [1.29, 1.82) is 0 Å². The lowest BCUT2D eigenvalue weighted by Gasteiger charge is -2.29. The van der Waals surface area contributed by atoms with Crippen molar-refractivity contribution in [2.24, 2.45) is 0 Å². The SMILES string of the molecule is CC.CC.CC(C)(c1ccccc1)P(C)(C)=O. The molecule has 0 unspecified atom stereocenters. The highest BCUT2D eigenvalue weighted by Crippen LogP contribution is 2.57. The van der Waals surface area contributed by atoms with Crippen LogP contribution in [0, 0.1) is 0 Å². The molecule has 1 aromatic carbocycles. The third-order valence-electron chi connectivity index (χ3n) is 2.83. The van der Waals surface area contributed by atoms with Gasteiger partial charge in [0.1, 0.15) is 0 Å². The van der Waals surface area contributed by atoms with E-state index in [-0.39, 0.29) is 5.16 Å². The lowest BCUT2D eigenvalue weighted by atomic mass is 10.0. The molecular weight excluding hydrogens is 227 g/mol. The number of benzene rings is 1. The molecule has 17 heavy (non-hydrogen) atoms. The quantitative estimate of drug-likeness (QED) is 0.630. The van der Waals surface area contributed by atoms with Gasteiger partial charge in [-0.2, -0.15) is 0 Å². The fraction of sp³-hybridized carbons (Fsp3) is 0.600. The summed E-state index contributed by atoms with van der Waals surface area (Å²) in [4.78, 5) is 0. The van der Waals surface area contributed by atoms with Crippen LogP contribution in [0.5, 0.6) is 0 Å². The summed E-state index contributed by atoms with van der Waals surface area (Å²) in [6, 6.07) is 10.1. The normalized spacial score (nSPS) is 10.6. The maximum atomic E-state index is 12.0. The fourth-order valence-corrected chi connectivity index (χ4v) is 1.93. The molecule has 2 heteroatoms. The van der Waals surface area contributed by atoms with Gasteiger partial charge in [0, 0.05) is 5.16 Å². The number of hydrogen-bond donors (Lipinski definition) is 0. The van der Waals surface area contributed by atoms with E-state index in [4.69, 9.17) is 0 Å². The van der Waals surface area contributed by atoms with Crippen LogP contribution < -0.4 is 0 Å². The minimum absolute atomic E-state index is 0.214. The van der Waals surface area contributed by atoms with Crippen LogP contribution in [0.15, 0.2) is 30.3 Å². The van der Waals surface area contributed by atoms with Crippen LogP contribution in [-0.2, 0) is 9.72 Å². The Kier molecular flexibility index (Phi) is 9.43. The smallest absolute Gasteiger partial charge is 0.0913 e. The van der Waals surface area contributed by atoms with Crippen molar-refractivity contribution >= 4 is 7.14 Å². The van der Waals surface area contributed by atoms with Crippen LogP contribution >= 0.6 is 7.14 Å². The Morgan fingerprint density at radius 3 is 1.53 bits per heavy atom. The summed E-state index contributed by atoms with van der Waals surface area (Å²) < 4.78 is 12.0. The molecule has 0 saturated carbocycles. The predicted molar refractivity (Wildman–Crippen MR) is 81.6 cm³/mol. The van der Waals surface area contributed by atoms with Gasteiger partial charge in [-0.25, -0.2) is 0 Å². The van der Waals surface area contributed by atoms with Gasteiger partial charge in [-0.05, 0) is 32.7 Å². The average molecular weight is 256 g/mol. The van der Waals surface area contributed by atoms with E-state index in [2.05, 4.69) is 0 Å². The predicted octanol–water partition coefficient (Wildman–Crippen LogP) is 5.60. The minimum atomic E-state index is -2.09. The molecule has 0 radical (unpaired) electrons. The maximum Gasteiger partial charge on any atom is 0.0913 e. The molecule has 100 valence electrons. The second kappa shape index (κ2) is 8.53. The van der Waals surface area contributed by atoms with Crippen LogP contribution in [0.4, 0.5) is 0 Å². The highest BCUT2D eigenvalue weighted by molar-refractivity contribution is 7.63. The molecule has 1 rings (SSSR count). The highest BCUT2D eigenvalue weighted by atomic mass is 31.2. The highest BCUT2D eigenvalue weighted by Gasteiger charge is 2.33. The zero-order valence-corrected chi connectivity index (χ0v) is 13.6. The molecule has 0 saturated heterocycles. The lowest BCUT2D eigenvalue weighted by molar-refractivity contribution is 0.553. The first-order chi connectivity index (χ1) is 7.86. The van der Waals surface area contributed by atoms with Crippen molar-refractivity contribution < 1.29 is 4.57 Å². The monoisotopic (exact) mass is 256 g/mol. The van der Waals surface area contributed by atoms with E-state index in [1.165, 1.54) is 0 Å². The Hall–Kier alpha value is -0.550. The van der Waals surface area contributed by atoms with Gasteiger partial charge in [-0.1, -0.05) is 58.0 Å². The van der Waals surface area contributed by atoms with Gasteiger partial charge in [0.15, 0.2) is 0 Å². The topological polar surface area (TPSA) is 17.1 Å². The van der Waals surface area contributed by atoms with E-state index in [9.17, 15) is 4.57 Å². The molecule has 0 aromatic heterocycles. The van der Waals surface area contributed by atoms with E-state index >= 15 is 0 Å². The molecule has 0 N–H and O–H groups in total. The van der Waals surface area contributed by atoms with E-state index in [0.717, 1.165) is 5.56 Å². The van der Waals surface area contributed by atoms with Gasteiger partial charge < -0.3 is 4.57 Å². The Morgan fingerprint density at radius 2 is 1.24 bits per heavy atom. The largest absolute Gasteiger partial charge is 0.323 e. The molecule has 0 aliphatic rings. The van der Waals surface area contributed by atoms with Crippen LogP contribution in [0.2, 0.25) is 0 Å². The third-order valence-corrected chi connectivity index (χ3v) is 5.78. The molecule has 0 aliphatic heterocycles. The van der Waals surface area contributed by atoms with Crippen LogP contribution in [0.25, 0.3) is 0 Å². The summed E-state index contributed by atoms with van der Waals surface area (Å²) in [6.45, 7) is 15.8. The zero-order chi connectivity index (χ0) is 14.1. The van der Waals surface area contributed by atoms with Crippen LogP contribution in [0.3, 0.4) is 0 Å². The average Bonchev–Trinajstić information content (AvgIpc) is 2.34. The van der Waals surface area contributed by atoms with Crippen molar-refractivity contribution in [2.45, 2.75) is 46.7 Å². The molecule has 0 amide bonds. The first-order valence-corrected chi connectivity index (χ1v) is 9.06. The molecule has 0 atom stereocenters. The second-order valence-electron chi connectivity index (χ2n) is 4.28. The summed E-state index contributed by atoms with van der Waals surface area (Å²) in [6.07, 6.45) is 0. The Balaban J connectivity index is 0. The lowest BCUT2D eigenvalue weighted by Crippen LogP contribution is -2.16. The van der Waals surface area contributed by atoms with E-state index in [1.54, 1.807) is 0 Å². The maximum absolute atomic E-state index is 12.0. The first kappa shape index (κ1) is 18.8. The summed E-state index contributed by atoms with van der Waals surface area (Å²) in [5.74, 6) is 0. The summed E-state index contributed by atoms with van der Waals surface area (Å²) >= 11 is 0. The van der Waals surface area contributed by atoms with Crippen LogP contribution in [0.1, 0.15) is 47.1 Å². The van der Waals surface area contributed by atoms with E-state index in [1.807, 2.05) is 85.2 Å². The molecule has 0 spiro atoms. The Labute approximate surface area is 108 Å². The number of hydrogen-bond acceptors (Lipinski definition) is 1. The molecule has 0 heterocycles. The van der Waals surface area contributed by atoms with Crippen molar-refractivity contribution in [3.63, 3.8) is 0 Å². The van der Waals surface area contributed by atoms with Gasteiger partial charge in [0.25, 0.3) is 0 Å². The number of rotatable bonds is 2. The molecule has 0 aliphatic carbocycles. The van der Waals surface area contributed by atoms with Crippen molar-refractivity contribution in [3.05, 3.63) is 35.9 Å². The van der Waals surface area contributed by atoms with Gasteiger partial charge in [0.05, 0.1) is 7.14 Å². The third kappa shape index (κ3) is 5.55. The van der Waals surface area contributed by atoms with E-state index in [0.29, 0.717) is 0 Å². The Bertz CT molecular complexity index is 322. The van der Waals surface area contributed by atoms with Crippen molar-refractivity contribution in [3.8, 4) is 0 Å². The van der Waals surface area contributed by atoms with E-state index < -0.39 is 7.14 Å².